The number of nitrogens with one attached hydrogen (secondary N) is 1. The first-order valence-corrected chi connectivity index (χ1v) is 13.3. The number of halogens is 5. The van der Waals surface area contributed by atoms with Gasteiger partial charge in [-0.2, -0.15) is 22.0 Å². The van der Waals surface area contributed by atoms with Gasteiger partial charge < -0.3 is 14.7 Å². The lowest BCUT2D eigenvalue weighted by atomic mass is 9.86. The van der Waals surface area contributed by atoms with E-state index in [1.165, 1.54) is 0 Å². The smallest absolute Gasteiger partial charge is 0.453 e. The van der Waals surface area contributed by atoms with Crippen molar-refractivity contribution >= 4 is 21.4 Å². The van der Waals surface area contributed by atoms with E-state index in [4.69, 9.17) is 4.74 Å². The Morgan fingerprint density at radius 2 is 1.39 bits per heavy atom. The quantitative estimate of drug-likeness (QED) is 0.387. The van der Waals surface area contributed by atoms with Crippen LogP contribution in [0.25, 0.3) is 0 Å². The topological polar surface area (TPSA) is 78.9 Å². The van der Waals surface area contributed by atoms with Crippen LogP contribution in [0.2, 0.25) is 0 Å². The Hall–Kier alpha value is -3.22. The Morgan fingerprint density at radius 1 is 0.842 bits per heavy atom. The van der Waals surface area contributed by atoms with Gasteiger partial charge in [0.2, 0.25) is 10.0 Å². The van der Waals surface area contributed by atoms with Gasteiger partial charge in [-0.1, -0.05) is 36.4 Å². The molecule has 12 heteroatoms. The number of fused-ring (bicyclic) bond motifs is 2. The highest BCUT2D eigenvalue weighted by Gasteiger charge is 2.58. The molecule has 3 aromatic rings. The third-order valence-corrected chi connectivity index (χ3v) is 8.32. The molecule has 1 aliphatic carbocycles. The third kappa shape index (κ3) is 4.61. The van der Waals surface area contributed by atoms with Crippen molar-refractivity contribution in [2.75, 3.05) is 4.90 Å². The van der Waals surface area contributed by atoms with Crippen molar-refractivity contribution in [3.05, 3.63) is 78.4 Å². The summed E-state index contributed by atoms with van der Waals surface area (Å²) in [5, 5.41) is 11.3. The summed E-state index contributed by atoms with van der Waals surface area (Å²) >= 11 is 0. The van der Waals surface area contributed by atoms with Crippen molar-refractivity contribution in [2.24, 2.45) is 0 Å². The van der Waals surface area contributed by atoms with E-state index in [0.717, 1.165) is 0 Å². The normalized spacial score (nSPS) is 21.8. The number of hydrogen-bond acceptors (Lipinski definition) is 5. The van der Waals surface area contributed by atoms with Gasteiger partial charge in [0.15, 0.2) is 11.5 Å². The van der Waals surface area contributed by atoms with Gasteiger partial charge in [-0.15, -0.1) is 0 Å². The van der Waals surface area contributed by atoms with Crippen LogP contribution in [-0.2, 0) is 15.9 Å². The van der Waals surface area contributed by atoms with Crippen LogP contribution < -0.4 is 14.4 Å². The predicted octanol–water partition coefficient (Wildman–Crippen LogP) is 5.85. The zero-order chi connectivity index (χ0) is 27.3. The van der Waals surface area contributed by atoms with Crippen LogP contribution in [0.15, 0.2) is 77.7 Å². The van der Waals surface area contributed by atoms with E-state index in [2.05, 4.69) is 4.72 Å². The van der Waals surface area contributed by atoms with Gasteiger partial charge in [-0.05, 0) is 55.7 Å². The second-order valence-electron chi connectivity index (χ2n) is 9.22. The molecule has 0 amide bonds. The molecular formula is C26H23F5N2O4S. The maximum atomic E-state index is 13.6. The first-order valence-electron chi connectivity index (χ1n) is 11.8. The Labute approximate surface area is 215 Å². The van der Waals surface area contributed by atoms with Crippen LogP contribution in [0.5, 0.6) is 11.5 Å². The highest BCUT2D eigenvalue weighted by atomic mass is 32.2. The molecule has 2 aliphatic rings. The van der Waals surface area contributed by atoms with E-state index in [-0.39, 0.29) is 0 Å². The number of aliphatic hydroxyl groups excluding tert-OH is 1. The monoisotopic (exact) mass is 554 g/mol. The minimum atomic E-state index is -5.82. The number of alkyl halides is 5. The highest BCUT2D eigenvalue weighted by Crippen LogP contribution is 2.49. The van der Waals surface area contributed by atoms with Gasteiger partial charge >= 0.3 is 12.1 Å². The van der Waals surface area contributed by atoms with E-state index in [0.29, 0.717) is 66.4 Å². The summed E-state index contributed by atoms with van der Waals surface area (Å²) in [5.74, 6) is -3.96. The predicted molar refractivity (Wildman–Crippen MR) is 129 cm³/mol. The van der Waals surface area contributed by atoms with Crippen LogP contribution in [0.4, 0.5) is 33.3 Å². The number of aliphatic hydroxyl groups is 1. The molecule has 1 saturated carbocycles. The van der Waals surface area contributed by atoms with E-state index in [1.54, 1.807) is 12.1 Å². The largest absolute Gasteiger partial charge is 0.458 e. The fourth-order valence-electron chi connectivity index (χ4n) is 4.93. The number of hydrogen-bond donors (Lipinski definition) is 2. The molecule has 1 fully saturated rings. The minimum absolute atomic E-state index is 0.300. The van der Waals surface area contributed by atoms with Gasteiger partial charge in [0.1, 0.15) is 0 Å². The number of nitrogens with zero attached hydrogens (tertiary/aromatic N) is 1. The Balaban J connectivity index is 1.40. The molecule has 6 nitrogen and oxygen atoms in total. The van der Waals surface area contributed by atoms with Crippen molar-refractivity contribution in [3.63, 3.8) is 0 Å². The Kier molecular flexibility index (Phi) is 6.60. The molecule has 3 atom stereocenters. The third-order valence-electron chi connectivity index (χ3n) is 6.81. The minimum Gasteiger partial charge on any atom is -0.453 e. The molecule has 3 aromatic carbocycles. The molecule has 202 valence electrons. The molecule has 2 N–H and O–H groups in total. The van der Waals surface area contributed by atoms with Gasteiger partial charge in [-0.3, -0.25) is 0 Å². The molecule has 1 aliphatic heterocycles. The van der Waals surface area contributed by atoms with Gasteiger partial charge in [0.05, 0.1) is 34.5 Å². The van der Waals surface area contributed by atoms with Crippen molar-refractivity contribution in [3.8, 4) is 11.5 Å². The second-order valence-corrected chi connectivity index (χ2v) is 10.9. The van der Waals surface area contributed by atoms with Crippen molar-refractivity contribution in [1.82, 2.24) is 4.72 Å². The molecule has 0 bridgehead atoms. The molecule has 38 heavy (non-hydrogen) atoms. The average Bonchev–Trinajstić information content (AvgIpc) is 2.88. The van der Waals surface area contributed by atoms with Gasteiger partial charge in [0, 0.05) is 5.56 Å². The lowest BCUT2D eigenvalue weighted by Gasteiger charge is -2.44. The highest BCUT2D eigenvalue weighted by molar-refractivity contribution is 7.89. The summed E-state index contributed by atoms with van der Waals surface area (Å²) in [4.78, 5) is 1.43. The number of ether oxygens (including phenoxy) is 1. The van der Waals surface area contributed by atoms with Crippen LogP contribution >= 0.6 is 0 Å². The van der Waals surface area contributed by atoms with Crippen molar-refractivity contribution in [2.45, 2.75) is 54.4 Å². The number of rotatable bonds is 5. The number of sulfonamides is 1. The lowest BCUT2D eigenvalue weighted by molar-refractivity contribution is -0.289. The van der Waals surface area contributed by atoms with Crippen molar-refractivity contribution in [1.29, 1.82) is 0 Å². The molecule has 0 spiro atoms. The standard InChI is InChI=1S/C26H23F5N2O4S/c27-25(28,26(29,30)31)16-12-14-17(15-13-16)38(35,36)32-18-6-5-9-21(24(18)34)33-19-7-1-3-10-22(19)37-23-11-4-2-8-20(23)33/h1-4,7-8,10-15,18,21,24,32,34H,5-6,9H2/t18-,21?,24+/m1/s1. The summed E-state index contributed by atoms with van der Waals surface area (Å²) < 4.78 is 99.7. The fourth-order valence-corrected chi connectivity index (χ4v) is 6.22. The Morgan fingerprint density at radius 3 is 1.95 bits per heavy atom. The first-order chi connectivity index (χ1) is 17.9. The molecule has 1 heterocycles. The summed E-state index contributed by atoms with van der Waals surface area (Å²) in [6.07, 6.45) is -5.58. The number of para-hydroxylation sites is 4. The zero-order valence-electron chi connectivity index (χ0n) is 19.7. The molecule has 5 rings (SSSR count). The summed E-state index contributed by atoms with van der Waals surface area (Å²) in [7, 11) is -4.35. The summed E-state index contributed by atoms with van der Waals surface area (Å²) in [5.41, 5.74) is 0.0474. The molecule has 1 unspecified atom stereocenters. The molecule has 0 saturated heterocycles. The van der Waals surface area contributed by atoms with Crippen LogP contribution in [0.3, 0.4) is 0 Å². The van der Waals surface area contributed by atoms with Crippen LogP contribution in [-0.4, -0.2) is 37.9 Å². The van der Waals surface area contributed by atoms with E-state index in [1.807, 2.05) is 41.3 Å². The van der Waals surface area contributed by atoms with Crippen LogP contribution in [0.1, 0.15) is 24.8 Å². The SMILES string of the molecule is O=S(=O)(N[C@@H]1CCCC(N2c3ccccc3Oc3ccccc32)[C@H]1O)c1ccc(C(F)(F)C(F)(F)F)cc1. The van der Waals surface area contributed by atoms with Crippen molar-refractivity contribution < 1.29 is 40.2 Å². The molecular weight excluding hydrogens is 531 g/mol. The Bertz CT molecular complexity index is 1380. The van der Waals surface area contributed by atoms with E-state index >= 15 is 0 Å². The maximum Gasteiger partial charge on any atom is 0.458 e. The van der Waals surface area contributed by atoms with E-state index in [9.17, 15) is 35.5 Å². The molecule has 0 aromatic heterocycles. The zero-order valence-corrected chi connectivity index (χ0v) is 20.5. The van der Waals surface area contributed by atoms with Gasteiger partial charge in [-0.25, -0.2) is 13.1 Å². The lowest BCUT2D eigenvalue weighted by Crippen LogP contribution is -2.56. The maximum absolute atomic E-state index is 13.6. The second kappa shape index (κ2) is 9.51. The summed E-state index contributed by atoms with van der Waals surface area (Å²) in [6.45, 7) is 0. The van der Waals surface area contributed by atoms with Crippen LogP contribution in [0, 0.1) is 0 Å². The average molecular weight is 555 g/mol. The number of benzene rings is 3. The number of anilines is 2. The van der Waals surface area contributed by atoms with E-state index < -0.39 is 50.8 Å². The van der Waals surface area contributed by atoms with Gasteiger partial charge in [0.25, 0.3) is 0 Å². The summed E-state index contributed by atoms with van der Waals surface area (Å²) in [6, 6.07) is 15.3. The fraction of sp³-hybridized carbons (Fsp3) is 0.308. The molecule has 0 radical (unpaired) electrons. The first kappa shape index (κ1) is 26.4.